The minimum absolute atomic E-state index is 0.0419. The summed E-state index contributed by atoms with van der Waals surface area (Å²) in [5.74, 6) is 3.37. The lowest BCUT2D eigenvalue weighted by Crippen LogP contribution is -2.54. The second kappa shape index (κ2) is 5.47. The molecular formula is C20H34N2O. The second-order valence-corrected chi connectivity index (χ2v) is 9.40. The molecule has 23 heavy (non-hydrogen) atoms. The molecule has 4 aliphatic carbocycles. The summed E-state index contributed by atoms with van der Waals surface area (Å²) in [6.07, 6.45) is 11.4. The molecule has 0 amide bonds. The van der Waals surface area contributed by atoms with Crippen LogP contribution < -0.4 is 5.43 Å². The van der Waals surface area contributed by atoms with E-state index in [1.165, 1.54) is 57.1 Å². The van der Waals surface area contributed by atoms with Crippen LogP contribution in [0, 0.1) is 34.5 Å². The summed E-state index contributed by atoms with van der Waals surface area (Å²) in [6.45, 7) is 4.98. The molecule has 2 N–H and O–H groups in total. The van der Waals surface area contributed by atoms with E-state index in [0.29, 0.717) is 5.41 Å². The maximum absolute atomic E-state index is 10.5. The molecule has 4 rings (SSSR count). The van der Waals surface area contributed by atoms with E-state index in [4.69, 9.17) is 0 Å². The molecule has 130 valence electrons. The number of nitrogens with one attached hydrogen (secondary N) is 1. The normalized spacial score (nSPS) is 54.3. The Morgan fingerprint density at radius 2 is 1.78 bits per heavy atom. The molecule has 7 unspecified atom stereocenters. The first-order valence-electron chi connectivity index (χ1n) is 9.89. The minimum Gasteiger partial charge on any atom is -0.393 e. The monoisotopic (exact) mass is 318 g/mol. The molecule has 0 aliphatic heterocycles. The summed E-state index contributed by atoms with van der Waals surface area (Å²) in [7, 11) is 1.92. The maximum Gasteiger partial charge on any atom is 0.0596 e. The van der Waals surface area contributed by atoms with Gasteiger partial charge in [-0.15, -0.1) is 0 Å². The van der Waals surface area contributed by atoms with Crippen LogP contribution in [0.5, 0.6) is 0 Å². The van der Waals surface area contributed by atoms with Crippen molar-refractivity contribution in [3.63, 3.8) is 0 Å². The van der Waals surface area contributed by atoms with Crippen LogP contribution >= 0.6 is 0 Å². The average molecular weight is 319 g/mol. The van der Waals surface area contributed by atoms with Crippen molar-refractivity contribution in [1.29, 1.82) is 0 Å². The predicted molar refractivity (Wildman–Crippen MR) is 94.2 cm³/mol. The zero-order chi connectivity index (χ0) is 16.2. The Hall–Kier alpha value is -0.570. The molecule has 7 atom stereocenters. The van der Waals surface area contributed by atoms with Crippen molar-refractivity contribution in [2.24, 2.45) is 39.6 Å². The van der Waals surface area contributed by atoms with Crippen LogP contribution in [-0.2, 0) is 0 Å². The quantitative estimate of drug-likeness (QED) is 0.719. The number of aliphatic hydroxyl groups excluding tert-OH is 1. The topological polar surface area (TPSA) is 44.6 Å². The fourth-order valence-corrected chi connectivity index (χ4v) is 7.29. The van der Waals surface area contributed by atoms with Crippen molar-refractivity contribution in [3.05, 3.63) is 0 Å². The van der Waals surface area contributed by atoms with Crippen LogP contribution in [0.25, 0.3) is 0 Å². The van der Waals surface area contributed by atoms with E-state index in [-0.39, 0.29) is 11.5 Å². The zero-order valence-corrected chi connectivity index (χ0v) is 15.1. The first kappa shape index (κ1) is 15.9. The van der Waals surface area contributed by atoms with Gasteiger partial charge < -0.3 is 10.5 Å². The fourth-order valence-electron chi connectivity index (χ4n) is 7.29. The van der Waals surface area contributed by atoms with Gasteiger partial charge >= 0.3 is 0 Å². The van der Waals surface area contributed by atoms with Gasteiger partial charge in [-0.05, 0) is 92.3 Å². The Morgan fingerprint density at radius 1 is 1.00 bits per heavy atom. The van der Waals surface area contributed by atoms with Crippen molar-refractivity contribution in [2.45, 2.75) is 77.7 Å². The standard InChI is InChI=1S/C20H34N2O/c1-19-10-8-14(22-21-3)12-13(19)4-5-15-16-6-7-18(23)20(16,2)11-9-17(15)19/h13,15-18,21,23H,4-12H2,1-3H3/b22-14+. The summed E-state index contributed by atoms with van der Waals surface area (Å²) >= 11 is 0. The van der Waals surface area contributed by atoms with Crippen LogP contribution in [0.2, 0.25) is 0 Å². The molecule has 0 heterocycles. The third-order valence-electron chi connectivity index (χ3n) is 8.72. The van der Waals surface area contributed by atoms with Crippen molar-refractivity contribution in [3.8, 4) is 0 Å². The molecule has 0 aromatic heterocycles. The number of aliphatic hydroxyl groups is 1. The third-order valence-corrected chi connectivity index (χ3v) is 8.72. The lowest BCUT2D eigenvalue weighted by Gasteiger charge is -2.60. The van der Waals surface area contributed by atoms with Gasteiger partial charge in [0, 0.05) is 12.8 Å². The predicted octanol–water partition coefficient (Wildman–Crippen LogP) is 3.97. The van der Waals surface area contributed by atoms with E-state index >= 15 is 0 Å². The van der Waals surface area contributed by atoms with E-state index in [9.17, 15) is 5.11 Å². The number of rotatable bonds is 1. The van der Waals surface area contributed by atoms with E-state index in [0.717, 1.165) is 30.1 Å². The highest BCUT2D eigenvalue weighted by atomic mass is 16.3. The van der Waals surface area contributed by atoms with Crippen molar-refractivity contribution in [2.75, 3.05) is 7.05 Å². The van der Waals surface area contributed by atoms with Gasteiger partial charge in [0.1, 0.15) is 0 Å². The van der Waals surface area contributed by atoms with Crippen molar-refractivity contribution >= 4 is 5.71 Å². The van der Waals surface area contributed by atoms with Crippen LogP contribution in [0.15, 0.2) is 5.10 Å². The van der Waals surface area contributed by atoms with Crippen LogP contribution in [0.4, 0.5) is 0 Å². The zero-order valence-electron chi connectivity index (χ0n) is 15.1. The van der Waals surface area contributed by atoms with Crippen molar-refractivity contribution < 1.29 is 5.11 Å². The second-order valence-electron chi connectivity index (χ2n) is 9.40. The highest BCUT2D eigenvalue weighted by molar-refractivity contribution is 5.85. The lowest BCUT2D eigenvalue weighted by molar-refractivity contribution is -0.112. The SMILES string of the molecule is CN/N=C1\CCC2(C)C(CCC3C4CCC(O)C4(C)CCC32)C1. The number of fused-ring (bicyclic) bond motifs is 5. The van der Waals surface area contributed by atoms with Gasteiger partial charge in [-0.1, -0.05) is 13.8 Å². The molecule has 0 radical (unpaired) electrons. The van der Waals surface area contributed by atoms with Crippen molar-refractivity contribution in [1.82, 2.24) is 5.43 Å². The van der Waals surface area contributed by atoms with Crippen LogP contribution in [0.3, 0.4) is 0 Å². The first-order valence-corrected chi connectivity index (χ1v) is 9.89. The molecular weight excluding hydrogens is 284 g/mol. The first-order chi connectivity index (χ1) is 11.0. The van der Waals surface area contributed by atoms with Gasteiger partial charge in [-0.3, -0.25) is 0 Å². The minimum atomic E-state index is -0.0419. The van der Waals surface area contributed by atoms with Gasteiger partial charge in [0.15, 0.2) is 0 Å². The number of hydrazone groups is 1. The molecule has 4 saturated carbocycles. The van der Waals surface area contributed by atoms with E-state index in [1.807, 2.05) is 7.05 Å². The Kier molecular flexibility index (Phi) is 3.79. The molecule has 4 fully saturated rings. The van der Waals surface area contributed by atoms with E-state index in [1.54, 1.807) is 0 Å². The summed E-state index contributed by atoms with van der Waals surface area (Å²) in [5.41, 5.74) is 5.13. The number of hydrogen-bond donors (Lipinski definition) is 2. The van der Waals surface area contributed by atoms with E-state index < -0.39 is 0 Å². The van der Waals surface area contributed by atoms with Gasteiger partial charge in [0.2, 0.25) is 0 Å². The molecule has 3 heteroatoms. The van der Waals surface area contributed by atoms with Crippen LogP contribution in [-0.4, -0.2) is 24.0 Å². The van der Waals surface area contributed by atoms with Gasteiger partial charge in [0.25, 0.3) is 0 Å². The lowest BCUT2D eigenvalue weighted by atomic mass is 9.45. The summed E-state index contributed by atoms with van der Waals surface area (Å²) in [6, 6.07) is 0. The Labute approximate surface area is 141 Å². The van der Waals surface area contributed by atoms with E-state index in [2.05, 4.69) is 24.4 Å². The van der Waals surface area contributed by atoms with Gasteiger partial charge in [-0.2, -0.15) is 5.10 Å². The molecule has 0 spiro atoms. The van der Waals surface area contributed by atoms with Gasteiger partial charge in [0.05, 0.1) is 6.10 Å². The van der Waals surface area contributed by atoms with Gasteiger partial charge in [-0.25, -0.2) is 0 Å². The molecule has 0 saturated heterocycles. The fraction of sp³-hybridized carbons (Fsp3) is 0.950. The number of nitrogens with zero attached hydrogens (tertiary/aromatic N) is 1. The molecule has 4 aliphatic rings. The summed E-state index contributed by atoms with van der Waals surface area (Å²) in [5, 5.41) is 15.1. The maximum atomic E-state index is 10.5. The Bertz CT molecular complexity index is 504. The Morgan fingerprint density at radius 3 is 2.57 bits per heavy atom. The molecule has 0 aromatic carbocycles. The summed E-state index contributed by atoms with van der Waals surface area (Å²) < 4.78 is 0. The number of hydrogen-bond acceptors (Lipinski definition) is 3. The smallest absolute Gasteiger partial charge is 0.0596 e. The highest BCUT2D eigenvalue weighted by Gasteiger charge is 2.59. The third kappa shape index (κ3) is 2.22. The average Bonchev–Trinajstić information content (AvgIpc) is 2.84. The largest absolute Gasteiger partial charge is 0.393 e. The van der Waals surface area contributed by atoms with Crippen LogP contribution in [0.1, 0.15) is 71.6 Å². The molecule has 3 nitrogen and oxygen atoms in total. The Balaban J connectivity index is 1.58. The summed E-state index contributed by atoms with van der Waals surface area (Å²) in [4.78, 5) is 0. The molecule has 0 bridgehead atoms. The molecule has 0 aromatic rings. The highest BCUT2D eigenvalue weighted by Crippen LogP contribution is 2.65.